The molecule has 3 heterocycles. The summed E-state index contributed by atoms with van der Waals surface area (Å²) in [5.41, 5.74) is 7.40. The highest BCUT2D eigenvalue weighted by Gasteiger charge is 2.39. The van der Waals surface area contributed by atoms with Crippen molar-refractivity contribution in [3.63, 3.8) is 0 Å². The van der Waals surface area contributed by atoms with E-state index in [0.29, 0.717) is 11.6 Å². The highest BCUT2D eigenvalue weighted by atomic mass is 35.5. The number of nitrogens with zero attached hydrogens (tertiary/aromatic N) is 1. The zero-order chi connectivity index (χ0) is 16.5. The second-order valence-electron chi connectivity index (χ2n) is 7.21. The van der Waals surface area contributed by atoms with Crippen LogP contribution in [-0.4, -0.2) is 43.5 Å². The molecule has 3 fully saturated rings. The number of benzene rings is 1. The van der Waals surface area contributed by atoms with Crippen LogP contribution in [0.4, 0.5) is 0 Å². The van der Waals surface area contributed by atoms with Gasteiger partial charge in [-0.15, -0.1) is 0 Å². The Kier molecular flexibility index (Phi) is 4.77. The van der Waals surface area contributed by atoms with Crippen LogP contribution in [0.25, 0.3) is 0 Å². The van der Waals surface area contributed by atoms with E-state index in [1.54, 1.807) is 0 Å². The third kappa shape index (κ3) is 3.06. The first-order chi connectivity index (χ1) is 11.7. The lowest BCUT2D eigenvalue weighted by Crippen LogP contribution is -2.40. The summed E-state index contributed by atoms with van der Waals surface area (Å²) >= 11 is 6.35. The molecule has 24 heavy (non-hydrogen) atoms. The molecule has 0 spiro atoms. The van der Waals surface area contributed by atoms with Crippen LogP contribution in [0, 0.1) is 17.8 Å². The molecule has 6 heteroatoms. The van der Waals surface area contributed by atoms with Crippen molar-refractivity contribution in [3.8, 4) is 0 Å². The van der Waals surface area contributed by atoms with E-state index >= 15 is 0 Å². The maximum atomic E-state index is 13.2. The fourth-order valence-electron chi connectivity index (χ4n) is 4.42. The van der Waals surface area contributed by atoms with Crippen molar-refractivity contribution in [3.05, 3.63) is 34.9 Å². The van der Waals surface area contributed by atoms with Crippen LogP contribution in [0.5, 0.6) is 0 Å². The van der Waals surface area contributed by atoms with Gasteiger partial charge in [-0.05, 0) is 49.4 Å². The van der Waals surface area contributed by atoms with E-state index in [-0.39, 0.29) is 17.9 Å². The Morgan fingerprint density at radius 1 is 1.08 bits per heavy atom. The summed E-state index contributed by atoms with van der Waals surface area (Å²) in [6.07, 6.45) is 2.24. The molecule has 3 saturated heterocycles. The first-order valence-corrected chi connectivity index (χ1v) is 9.34. The summed E-state index contributed by atoms with van der Waals surface area (Å²) in [4.78, 5) is 15.2. The number of amides is 1. The van der Waals surface area contributed by atoms with Gasteiger partial charge >= 0.3 is 0 Å². The van der Waals surface area contributed by atoms with Crippen LogP contribution >= 0.6 is 11.6 Å². The smallest absolute Gasteiger partial charge is 0.229 e. The molecular formula is C18H25ClN4O. The van der Waals surface area contributed by atoms with Gasteiger partial charge in [0.25, 0.3) is 0 Å². The first-order valence-electron chi connectivity index (χ1n) is 8.96. The van der Waals surface area contributed by atoms with Crippen LogP contribution in [0.2, 0.25) is 5.02 Å². The van der Waals surface area contributed by atoms with Gasteiger partial charge in [-0.2, -0.15) is 0 Å². The van der Waals surface area contributed by atoms with Crippen molar-refractivity contribution in [2.24, 2.45) is 17.8 Å². The number of halogens is 1. The Labute approximate surface area is 148 Å². The number of hydrogen-bond acceptors (Lipinski definition) is 4. The van der Waals surface area contributed by atoms with Crippen LogP contribution in [0.15, 0.2) is 24.3 Å². The normalized spacial score (nSPS) is 33.3. The molecule has 5 nitrogen and oxygen atoms in total. The summed E-state index contributed by atoms with van der Waals surface area (Å²) in [6, 6.07) is 7.73. The molecule has 0 aliphatic carbocycles. The number of hydrogen-bond donors (Lipinski definition) is 3. The molecule has 1 amide bonds. The zero-order valence-electron chi connectivity index (χ0n) is 13.8. The highest BCUT2D eigenvalue weighted by Crippen LogP contribution is 2.33. The number of nitrogens with one attached hydrogen (secondary N) is 3. The van der Waals surface area contributed by atoms with E-state index < -0.39 is 0 Å². The maximum absolute atomic E-state index is 13.2. The van der Waals surface area contributed by atoms with Gasteiger partial charge in [0, 0.05) is 24.7 Å². The van der Waals surface area contributed by atoms with Gasteiger partial charge in [0.15, 0.2) is 0 Å². The Morgan fingerprint density at radius 2 is 1.79 bits per heavy atom. The van der Waals surface area contributed by atoms with Crippen LogP contribution in [-0.2, 0) is 4.79 Å². The molecule has 1 aromatic rings. The van der Waals surface area contributed by atoms with E-state index in [4.69, 9.17) is 11.6 Å². The number of fused-ring (bicyclic) bond motifs is 1. The van der Waals surface area contributed by atoms with E-state index in [1.807, 2.05) is 24.3 Å². The van der Waals surface area contributed by atoms with Crippen molar-refractivity contribution in [1.82, 2.24) is 21.1 Å². The lowest BCUT2D eigenvalue weighted by molar-refractivity contribution is -0.135. The number of hydrazine groups is 1. The highest BCUT2D eigenvalue weighted by molar-refractivity contribution is 6.31. The Morgan fingerprint density at radius 3 is 2.50 bits per heavy atom. The Bertz CT molecular complexity index is 596. The summed E-state index contributed by atoms with van der Waals surface area (Å²) in [6.45, 7) is 4.64. The third-order valence-corrected chi connectivity index (χ3v) is 6.21. The minimum Gasteiger partial charge on any atom is -0.342 e. The monoisotopic (exact) mass is 348 g/mol. The van der Waals surface area contributed by atoms with Crippen molar-refractivity contribution in [2.45, 2.75) is 18.9 Å². The minimum atomic E-state index is -0.0963. The average molecular weight is 349 g/mol. The molecule has 0 radical (unpaired) electrons. The molecule has 2 unspecified atom stereocenters. The van der Waals surface area contributed by atoms with E-state index in [0.717, 1.165) is 56.4 Å². The molecule has 3 aliphatic heterocycles. The zero-order valence-corrected chi connectivity index (χ0v) is 14.6. The summed E-state index contributed by atoms with van der Waals surface area (Å²) in [7, 11) is 0. The van der Waals surface area contributed by atoms with Gasteiger partial charge < -0.3 is 10.2 Å². The molecule has 1 aromatic carbocycles. The van der Waals surface area contributed by atoms with Crippen molar-refractivity contribution < 1.29 is 4.79 Å². The van der Waals surface area contributed by atoms with Gasteiger partial charge in [-0.1, -0.05) is 29.8 Å². The van der Waals surface area contributed by atoms with Crippen LogP contribution < -0.4 is 16.2 Å². The largest absolute Gasteiger partial charge is 0.342 e. The first kappa shape index (κ1) is 16.3. The molecule has 130 valence electrons. The van der Waals surface area contributed by atoms with Gasteiger partial charge in [0.2, 0.25) is 5.91 Å². The van der Waals surface area contributed by atoms with Crippen LogP contribution in [0.1, 0.15) is 24.4 Å². The fourth-order valence-corrected chi connectivity index (χ4v) is 4.68. The molecule has 0 bridgehead atoms. The quantitative estimate of drug-likeness (QED) is 0.759. The average Bonchev–Trinajstić information content (AvgIpc) is 3.20. The summed E-state index contributed by atoms with van der Waals surface area (Å²) in [5, 5.41) is 4.20. The van der Waals surface area contributed by atoms with Gasteiger partial charge in [-0.25, -0.2) is 5.43 Å². The summed E-state index contributed by atoms with van der Waals surface area (Å²) in [5.74, 6) is 1.63. The topological polar surface area (TPSA) is 56.4 Å². The molecular weight excluding hydrogens is 324 g/mol. The molecule has 3 N–H and O–H groups in total. The number of rotatable bonds is 2. The lowest BCUT2D eigenvalue weighted by atomic mass is 9.92. The van der Waals surface area contributed by atoms with Crippen molar-refractivity contribution in [1.29, 1.82) is 0 Å². The second kappa shape index (κ2) is 7.00. The SMILES string of the molecule is O=C(C1CNNC1c1ccccc1Cl)N1CC[C@@H]2CNC[C@@H]2CC1. The fraction of sp³-hybridized carbons (Fsp3) is 0.611. The molecule has 0 aromatic heterocycles. The van der Waals surface area contributed by atoms with E-state index in [1.165, 1.54) is 0 Å². The molecule has 4 atom stereocenters. The minimum absolute atomic E-state index is 0.0596. The number of carbonyl (C=O) groups is 1. The molecule has 4 rings (SSSR count). The third-order valence-electron chi connectivity index (χ3n) is 5.87. The number of likely N-dealkylation sites (tertiary alicyclic amines) is 1. The Hall–Kier alpha value is -1.14. The maximum Gasteiger partial charge on any atom is 0.229 e. The van der Waals surface area contributed by atoms with Crippen molar-refractivity contribution >= 4 is 17.5 Å². The predicted molar refractivity (Wildman–Crippen MR) is 94.5 cm³/mol. The van der Waals surface area contributed by atoms with E-state index in [9.17, 15) is 4.79 Å². The summed E-state index contributed by atoms with van der Waals surface area (Å²) < 4.78 is 0. The van der Waals surface area contributed by atoms with Gasteiger partial charge in [0.1, 0.15) is 0 Å². The van der Waals surface area contributed by atoms with Crippen LogP contribution in [0.3, 0.4) is 0 Å². The number of carbonyl (C=O) groups excluding carboxylic acids is 1. The Balaban J connectivity index is 1.48. The lowest BCUT2D eigenvalue weighted by Gasteiger charge is -2.27. The van der Waals surface area contributed by atoms with Gasteiger partial charge in [0.05, 0.1) is 12.0 Å². The van der Waals surface area contributed by atoms with Crippen molar-refractivity contribution in [2.75, 3.05) is 32.7 Å². The van der Waals surface area contributed by atoms with Gasteiger partial charge in [-0.3, -0.25) is 10.2 Å². The molecule has 0 saturated carbocycles. The van der Waals surface area contributed by atoms with E-state index in [2.05, 4.69) is 21.1 Å². The second-order valence-corrected chi connectivity index (χ2v) is 7.62. The standard InChI is InChI=1S/C18H25ClN4O/c19-16-4-2-1-3-14(16)17-15(11-21-22-17)18(24)23-7-5-12-9-20-10-13(12)6-8-23/h1-4,12-13,15,17,20-22H,5-11H2/t12-,13+,15?,17?. The predicted octanol–water partition coefficient (Wildman–Crippen LogP) is 1.56. The molecule has 3 aliphatic rings.